The molecule has 2 fully saturated rings. The number of esters is 4. The molecular weight excluding hydrogens is 380 g/mol. The van der Waals surface area contributed by atoms with Crippen molar-refractivity contribution in [1.29, 1.82) is 0 Å². The van der Waals surface area contributed by atoms with Crippen LogP contribution in [-0.2, 0) is 38.1 Å². The van der Waals surface area contributed by atoms with Crippen molar-refractivity contribution in [3.8, 4) is 0 Å². The summed E-state index contributed by atoms with van der Waals surface area (Å²) >= 11 is 0. The Balaban J connectivity index is 1.72. The summed E-state index contributed by atoms with van der Waals surface area (Å²) in [5.74, 6) is -3.85. The van der Waals surface area contributed by atoms with Crippen molar-refractivity contribution in [3.63, 3.8) is 0 Å². The van der Waals surface area contributed by atoms with Gasteiger partial charge in [0.2, 0.25) is 12.6 Å². The molecule has 2 saturated heterocycles. The van der Waals surface area contributed by atoms with Crippen LogP contribution in [0, 0.1) is 18.8 Å². The molecule has 2 heterocycles. The van der Waals surface area contributed by atoms with Crippen LogP contribution in [0.3, 0.4) is 0 Å². The molecular formula is C21H22O8. The molecule has 0 N–H and O–H groups in total. The van der Waals surface area contributed by atoms with Gasteiger partial charge in [-0.05, 0) is 30.4 Å². The van der Waals surface area contributed by atoms with Crippen LogP contribution in [0.1, 0.15) is 55.2 Å². The summed E-state index contributed by atoms with van der Waals surface area (Å²) < 4.78 is 21.1. The average Bonchev–Trinajstić information content (AvgIpc) is 3.13. The lowest BCUT2D eigenvalue weighted by molar-refractivity contribution is -0.212. The maximum atomic E-state index is 12.3. The van der Waals surface area contributed by atoms with Crippen molar-refractivity contribution in [2.75, 3.05) is 0 Å². The zero-order valence-corrected chi connectivity index (χ0v) is 16.4. The SMILES string of the molecule is CC(=O)OC1CC(C2CC3C(=O)OC(=O)C3c3cc(C)ccc32)C(OC(C)=O)O1. The molecule has 6 unspecified atom stereocenters. The predicted octanol–water partition coefficient (Wildman–Crippen LogP) is 2.08. The number of aryl methyl sites for hydroxylation is 1. The van der Waals surface area contributed by atoms with Gasteiger partial charge < -0.3 is 18.9 Å². The van der Waals surface area contributed by atoms with Gasteiger partial charge >= 0.3 is 23.9 Å². The first-order valence-corrected chi connectivity index (χ1v) is 9.60. The van der Waals surface area contributed by atoms with E-state index in [-0.39, 0.29) is 11.8 Å². The molecule has 1 aromatic carbocycles. The number of hydrogen-bond donors (Lipinski definition) is 0. The van der Waals surface area contributed by atoms with Gasteiger partial charge in [-0.15, -0.1) is 0 Å². The molecule has 1 aliphatic carbocycles. The zero-order chi connectivity index (χ0) is 20.9. The number of cyclic esters (lactones) is 2. The summed E-state index contributed by atoms with van der Waals surface area (Å²) in [5.41, 5.74) is 2.63. The van der Waals surface area contributed by atoms with Crippen LogP contribution in [0.15, 0.2) is 18.2 Å². The van der Waals surface area contributed by atoms with E-state index >= 15 is 0 Å². The summed E-state index contributed by atoms with van der Waals surface area (Å²) in [4.78, 5) is 47.6. The Kier molecular flexibility index (Phi) is 4.90. The quantitative estimate of drug-likeness (QED) is 0.430. The highest BCUT2D eigenvalue weighted by Crippen LogP contribution is 2.52. The second-order valence-electron chi connectivity index (χ2n) is 7.85. The van der Waals surface area contributed by atoms with E-state index in [1.807, 2.05) is 25.1 Å². The number of carbonyl (C=O) groups excluding carboxylic acids is 4. The number of benzene rings is 1. The molecule has 3 aliphatic rings. The highest BCUT2D eigenvalue weighted by Gasteiger charge is 2.54. The first-order valence-electron chi connectivity index (χ1n) is 9.60. The van der Waals surface area contributed by atoms with E-state index < -0.39 is 48.3 Å². The molecule has 0 spiro atoms. The molecule has 0 saturated carbocycles. The number of ether oxygens (including phenoxy) is 4. The molecule has 29 heavy (non-hydrogen) atoms. The summed E-state index contributed by atoms with van der Waals surface area (Å²) in [6.45, 7) is 4.47. The number of hydrogen-bond acceptors (Lipinski definition) is 8. The van der Waals surface area contributed by atoms with E-state index in [9.17, 15) is 19.2 Å². The molecule has 0 aromatic heterocycles. The third-order valence-corrected chi connectivity index (χ3v) is 5.84. The number of rotatable bonds is 3. The Morgan fingerprint density at radius 1 is 0.966 bits per heavy atom. The van der Waals surface area contributed by atoms with Gasteiger partial charge in [-0.2, -0.15) is 0 Å². The zero-order valence-electron chi connectivity index (χ0n) is 16.4. The van der Waals surface area contributed by atoms with Crippen molar-refractivity contribution in [2.24, 2.45) is 11.8 Å². The van der Waals surface area contributed by atoms with Crippen LogP contribution >= 0.6 is 0 Å². The van der Waals surface area contributed by atoms with Crippen LogP contribution in [0.4, 0.5) is 0 Å². The number of carbonyl (C=O) groups is 4. The minimum atomic E-state index is -0.916. The summed E-state index contributed by atoms with van der Waals surface area (Å²) in [6, 6.07) is 5.78. The summed E-state index contributed by atoms with van der Waals surface area (Å²) in [5, 5.41) is 0. The standard InChI is InChI=1S/C21H22O8/c1-9-4-5-12-13(7-16-18(14(12)6-9)20(25)29-19(16)24)15-8-17(26-10(2)22)28-21(15)27-11(3)23/h4-6,13,15-18,21H,7-8H2,1-3H3. The topological polar surface area (TPSA) is 105 Å². The van der Waals surface area contributed by atoms with Gasteiger partial charge in [-0.1, -0.05) is 23.8 Å². The summed E-state index contributed by atoms with van der Waals surface area (Å²) in [7, 11) is 0. The van der Waals surface area contributed by atoms with Gasteiger partial charge in [0.1, 0.15) is 0 Å². The van der Waals surface area contributed by atoms with Crippen molar-refractivity contribution in [3.05, 3.63) is 34.9 Å². The first kappa shape index (κ1) is 19.6. The Morgan fingerprint density at radius 3 is 2.38 bits per heavy atom. The monoisotopic (exact) mass is 402 g/mol. The van der Waals surface area contributed by atoms with Crippen LogP contribution in [0.5, 0.6) is 0 Å². The molecule has 2 aliphatic heterocycles. The minimum absolute atomic E-state index is 0.227. The molecule has 154 valence electrons. The van der Waals surface area contributed by atoms with Crippen LogP contribution < -0.4 is 0 Å². The van der Waals surface area contributed by atoms with E-state index in [0.717, 1.165) is 16.7 Å². The van der Waals surface area contributed by atoms with Gasteiger partial charge in [0.05, 0.1) is 11.8 Å². The van der Waals surface area contributed by atoms with E-state index in [1.54, 1.807) is 0 Å². The van der Waals surface area contributed by atoms with Crippen molar-refractivity contribution in [2.45, 2.75) is 58.0 Å². The van der Waals surface area contributed by atoms with Crippen LogP contribution in [0.25, 0.3) is 0 Å². The second-order valence-corrected chi connectivity index (χ2v) is 7.85. The maximum absolute atomic E-state index is 12.3. The fourth-order valence-electron chi connectivity index (χ4n) is 4.75. The Hall–Kier alpha value is -2.74. The van der Waals surface area contributed by atoms with Crippen LogP contribution in [-0.4, -0.2) is 36.5 Å². The van der Waals surface area contributed by atoms with Gasteiger partial charge in [0.25, 0.3) is 0 Å². The van der Waals surface area contributed by atoms with E-state index in [2.05, 4.69) is 0 Å². The second kappa shape index (κ2) is 7.26. The molecule has 4 rings (SSSR count). The average molecular weight is 402 g/mol. The molecule has 0 bridgehead atoms. The van der Waals surface area contributed by atoms with Gasteiger partial charge in [0.15, 0.2) is 0 Å². The largest absolute Gasteiger partial charge is 0.436 e. The van der Waals surface area contributed by atoms with Crippen molar-refractivity contribution < 1.29 is 38.1 Å². The predicted molar refractivity (Wildman–Crippen MR) is 96.2 cm³/mol. The molecule has 0 amide bonds. The Bertz CT molecular complexity index is 891. The van der Waals surface area contributed by atoms with Crippen molar-refractivity contribution in [1.82, 2.24) is 0 Å². The Labute approximate surface area is 167 Å². The first-order chi connectivity index (χ1) is 13.7. The fraction of sp³-hybridized carbons (Fsp3) is 0.524. The molecule has 6 atom stereocenters. The minimum Gasteiger partial charge on any atom is -0.436 e. The van der Waals surface area contributed by atoms with Gasteiger partial charge in [0, 0.05) is 26.2 Å². The van der Waals surface area contributed by atoms with E-state index in [4.69, 9.17) is 18.9 Å². The van der Waals surface area contributed by atoms with Gasteiger partial charge in [-0.25, -0.2) is 0 Å². The maximum Gasteiger partial charge on any atom is 0.321 e. The summed E-state index contributed by atoms with van der Waals surface area (Å²) in [6.07, 6.45) is -1.08. The van der Waals surface area contributed by atoms with E-state index in [1.165, 1.54) is 13.8 Å². The lowest BCUT2D eigenvalue weighted by Crippen LogP contribution is -2.34. The van der Waals surface area contributed by atoms with Crippen molar-refractivity contribution >= 4 is 23.9 Å². The lowest BCUT2D eigenvalue weighted by atomic mass is 9.66. The lowest BCUT2D eigenvalue weighted by Gasteiger charge is -2.35. The molecule has 1 aromatic rings. The highest BCUT2D eigenvalue weighted by atomic mass is 16.8. The molecule has 8 heteroatoms. The smallest absolute Gasteiger partial charge is 0.321 e. The Morgan fingerprint density at radius 2 is 1.69 bits per heavy atom. The van der Waals surface area contributed by atoms with Crippen LogP contribution in [0.2, 0.25) is 0 Å². The third kappa shape index (κ3) is 3.53. The molecule has 8 nitrogen and oxygen atoms in total. The number of fused-ring (bicyclic) bond motifs is 3. The molecule has 0 radical (unpaired) electrons. The van der Waals surface area contributed by atoms with Gasteiger partial charge in [-0.3, -0.25) is 19.2 Å². The fourth-order valence-corrected chi connectivity index (χ4v) is 4.75. The third-order valence-electron chi connectivity index (χ3n) is 5.84. The normalized spacial score (nSPS) is 32.9. The van der Waals surface area contributed by atoms with E-state index in [0.29, 0.717) is 12.8 Å². The highest BCUT2D eigenvalue weighted by molar-refractivity contribution is 6.00.